The number of fused-ring (bicyclic) bond motifs is 1. The Morgan fingerprint density at radius 1 is 0.900 bits per heavy atom. The second-order valence-corrected chi connectivity index (χ2v) is 7.16. The molecule has 0 radical (unpaired) electrons. The van der Waals surface area contributed by atoms with Gasteiger partial charge in [-0.2, -0.15) is 0 Å². The zero-order valence-electron chi connectivity index (χ0n) is 15.5. The Hall–Kier alpha value is -3.55. The molecule has 7 nitrogen and oxygen atoms in total. The number of hydrogen-bond acceptors (Lipinski definition) is 6. The maximum absolute atomic E-state index is 12.7. The number of benzene rings is 3. The van der Waals surface area contributed by atoms with E-state index in [0.717, 1.165) is 10.8 Å². The minimum Gasteiger partial charge on any atom is -0.393 e. The Morgan fingerprint density at radius 2 is 1.67 bits per heavy atom. The van der Waals surface area contributed by atoms with Gasteiger partial charge in [-0.3, -0.25) is 15.6 Å². The van der Waals surface area contributed by atoms with Crippen LogP contribution in [0.5, 0.6) is 0 Å². The largest absolute Gasteiger partial charge is 0.393 e. The molecule has 0 aliphatic carbocycles. The van der Waals surface area contributed by atoms with Crippen molar-refractivity contribution >= 4 is 62.9 Å². The number of nitrogen functional groups attached to an aromatic ring is 1. The lowest BCUT2D eigenvalue weighted by atomic mass is 10.0. The molecule has 1 heterocycles. The fourth-order valence-corrected chi connectivity index (χ4v) is 3.21. The van der Waals surface area contributed by atoms with Crippen LogP contribution >= 0.6 is 23.2 Å². The van der Waals surface area contributed by atoms with Gasteiger partial charge in [0.25, 0.3) is 5.91 Å². The third-order valence-corrected chi connectivity index (χ3v) is 5.13. The Balaban J connectivity index is 1.51. The molecule has 0 aliphatic heterocycles. The summed E-state index contributed by atoms with van der Waals surface area (Å²) in [7, 11) is 0. The van der Waals surface area contributed by atoms with Crippen molar-refractivity contribution in [2.24, 2.45) is 0 Å². The van der Waals surface area contributed by atoms with E-state index >= 15 is 0 Å². The predicted molar refractivity (Wildman–Crippen MR) is 121 cm³/mol. The number of hydrogen-bond donors (Lipinski definition) is 4. The second-order valence-electron chi connectivity index (χ2n) is 6.34. The van der Waals surface area contributed by atoms with Crippen LogP contribution in [0, 0.1) is 0 Å². The third-order valence-electron chi connectivity index (χ3n) is 4.39. The number of carbonyl (C=O) groups excluding carboxylic acids is 1. The van der Waals surface area contributed by atoms with Crippen molar-refractivity contribution in [3.8, 4) is 0 Å². The van der Waals surface area contributed by atoms with E-state index in [0.29, 0.717) is 27.1 Å². The minimum atomic E-state index is -0.316. The maximum Gasteiger partial charge on any atom is 0.270 e. The standard InChI is InChI=1S/C21H16Cl2N6O/c22-16-9-8-13(10-17(16)23)27-19-18(24)20(26-11-25-19)28-29-21(30)15-7-3-5-12-4-1-2-6-14(12)15/h1-11H,24H2,(H,29,30)(H2,25,26,27,28). The molecule has 0 saturated carbocycles. The molecular formula is C21H16Cl2N6O. The lowest BCUT2D eigenvalue weighted by Crippen LogP contribution is -2.30. The van der Waals surface area contributed by atoms with Crippen molar-refractivity contribution in [3.63, 3.8) is 0 Å². The monoisotopic (exact) mass is 438 g/mol. The summed E-state index contributed by atoms with van der Waals surface area (Å²) < 4.78 is 0. The first-order valence-electron chi connectivity index (χ1n) is 8.89. The van der Waals surface area contributed by atoms with Crippen molar-refractivity contribution in [1.82, 2.24) is 15.4 Å². The van der Waals surface area contributed by atoms with Gasteiger partial charge in [0, 0.05) is 11.3 Å². The topological polar surface area (TPSA) is 105 Å². The highest BCUT2D eigenvalue weighted by Gasteiger charge is 2.13. The summed E-state index contributed by atoms with van der Waals surface area (Å²) in [6.07, 6.45) is 1.32. The van der Waals surface area contributed by atoms with E-state index in [1.165, 1.54) is 6.33 Å². The lowest BCUT2D eigenvalue weighted by Gasteiger charge is -2.14. The first kappa shape index (κ1) is 19.8. The van der Waals surface area contributed by atoms with Gasteiger partial charge in [-0.1, -0.05) is 59.6 Å². The summed E-state index contributed by atoms with van der Waals surface area (Å²) >= 11 is 12.0. The highest BCUT2D eigenvalue weighted by Crippen LogP contribution is 2.29. The number of nitrogens with one attached hydrogen (secondary N) is 3. The molecule has 1 amide bonds. The molecule has 1 aromatic heterocycles. The fraction of sp³-hybridized carbons (Fsp3) is 0. The van der Waals surface area contributed by atoms with Crippen molar-refractivity contribution in [2.75, 3.05) is 16.5 Å². The van der Waals surface area contributed by atoms with Crippen molar-refractivity contribution in [1.29, 1.82) is 0 Å². The SMILES string of the molecule is Nc1c(NNC(=O)c2cccc3ccccc23)ncnc1Nc1ccc(Cl)c(Cl)c1. The summed E-state index contributed by atoms with van der Waals surface area (Å²) in [4.78, 5) is 20.9. The molecule has 0 atom stereocenters. The van der Waals surface area contributed by atoms with Crippen LogP contribution in [0.25, 0.3) is 10.8 Å². The normalized spacial score (nSPS) is 10.6. The predicted octanol–water partition coefficient (Wildman–Crippen LogP) is 5.02. The number of halogens is 2. The van der Waals surface area contributed by atoms with Crippen LogP contribution in [0.2, 0.25) is 10.0 Å². The second kappa shape index (κ2) is 8.44. The van der Waals surface area contributed by atoms with E-state index in [-0.39, 0.29) is 17.4 Å². The zero-order chi connectivity index (χ0) is 21.1. The van der Waals surface area contributed by atoms with Crippen LogP contribution in [0.4, 0.5) is 23.0 Å². The molecule has 0 aliphatic rings. The highest BCUT2D eigenvalue weighted by atomic mass is 35.5. The quantitative estimate of drug-likeness (QED) is 0.326. The van der Waals surface area contributed by atoms with Gasteiger partial charge in [0.15, 0.2) is 11.6 Å². The van der Waals surface area contributed by atoms with E-state index in [1.807, 2.05) is 36.4 Å². The summed E-state index contributed by atoms with van der Waals surface area (Å²) in [6, 6.07) is 18.2. The number of nitrogens with two attached hydrogens (primary N) is 1. The minimum absolute atomic E-state index is 0.224. The molecule has 4 rings (SSSR count). The van der Waals surface area contributed by atoms with Crippen molar-refractivity contribution in [3.05, 3.63) is 82.6 Å². The third kappa shape index (κ3) is 4.07. The smallest absolute Gasteiger partial charge is 0.270 e. The van der Waals surface area contributed by atoms with Gasteiger partial charge in [0.1, 0.15) is 12.0 Å². The van der Waals surface area contributed by atoms with Gasteiger partial charge in [-0.25, -0.2) is 9.97 Å². The Morgan fingerprint density at radius 3 is 2.50 bits per heavy atom. The molecule has 0 unspecified atom stereocenters. The average Bonchev–Trinajstić information content (AvgIpc) is 2.76. The number of anilines is 4. The van der Waals surface area contributed by atoms with E-state index in [9.17, 15) is 4.79 Å². The number of hydrazine groups is 1. The number of carbonyl (C=O) groups is 1. The Bertz CT molecular complexity index is 1240. The van der Waals surface area contributed by atoms with Crippen LogP contribution in [0.15, 0.2) is 67.0 Å². The first-order valence-corrected chi connectivity index (χ1v) is 9.65. The van der Waals surface area contributed by atoms with E-state index in [2.05, 4.69) is 26.1 Å². The van der Waals surface area contributed by atoms with Crippen molar-refractivity contribution in [2.45, 2.75) is 0 Å². The van der Waals surface area contributed by atoms with E-state index in [1.54, 1.807) is 24.3 Å². The molecule has 30 heavy (non-hydrogen) atoms. The fourth-order valence-electron chi connectivity index (χ4n) is 2.91. The van der Waals surface area contributed by atoms with Crippen molar-refractivity contribution < 1.29 is 4.79 Å². The molecular weight excluding hydrogens is 423 g/mol. The molecule has 0 saturated heterocycles. The van der Waals surface area contributed by atoms with Gasteiger partial charge < -0.3 is 11.1 Å². The molecule has 150 valence electrons. The summed E-state index contributed by atoms with van der Waals surface area (Å²) in [6.45, 7) is 0. The number of aromatic nitrogens is 2. The van der Waals surface area contributed by atoms with Crippen LogP contribution < -0.4 is 21.9 Å². The molecule has 0 bridgehead atoms. The summed E-state index contributed by atoms with van der Waals surface area (Å²) in [5, 5.41) is 5.71. The average molecular weight is 439 g/mol. The van der Waals surface area contributed by atoms with Gasteiger partial charge in [0.05, 0.1) is 10.0 Å². The lowest BCUT2D eigenvalue weighted by molar-refractivity contribution is 0.0964. The zero-order valence-corrected chi connectivity index (χ0v) is 17.0. The Labute approximate surface area is 182 Å². The van der Waals surface area contributed by atoms with Crippen LogP contribution in [0.3, 0.4) is 0 Å². The summed E-state index contributed by atoms with van der Waals surface area (Å²) in [5.74, 6) is 0.287. The first-order chi connectivity index (χ1) is 14.5. The molecule has 3 aromatic carbocycles. The van der Waals surface area contributed by atoms with Gasteiger partial charge in [-0.05, 0) is 35.0 Å². The Kier molecular flexibility index (Phi) is 5.56. The van der Waals surface area contributed by atoms with Crippen LogP contribution in [-0.2, 0) is 0 Å². The van der Waals surface area contributed by atoms with E-state index < -0.39 is 0 Å². The molecule has 4 aromatic rings. The van der Waals surface area contributed by atoms with Crippen LogP contribution in [-0.4, -0.2) is 15.9 Å². The number of nitrogens with zero attached hydrogens (tertiary/aromatic N) is 2. The molecule has 0 spiro atoms. The summed E-state index contributed by atoms with van der Waals surface area (Å²) in [5.41, 5.74) is 13.0. The molecule has 9 heteroatoms. The number of amides is 1. The maximum atomic E-state index is 12.7. The molecule has 0 fully saturated rings. The van der Waals surface area contributed by atoms with E-state index in [4.69, 9.17) is 28.9 Å². The number of rotatable bonds is 5. The highest BCUT2D eigenvalue weighted by molar-refractivity contribution is 6.42. The molecule has 5 N–H and O–H groups in total. The van der Waals surface area contributed by atoms with Crippen LogP contribution in [0.1, 0.15) is 10.4 Å². The van der Waals surface area contributed by atoms with Gasteiger partial charge in [-0.15, -0.1) is 0 Å². The van der Waals surface area contributed by atoms with Gasteiger partial charge >= 0.3 is 0 Å². The van der Waals surface area contributed by atoms with Gasteiger partial charge in [0.2, 0.25) is 0 Å².